The van der Waals surface area contributed by atoms with E-state index >= 15 is 0 Å². The minimum Gasteiger partial charge on any atom is -0.328 e. The van der Waals surface area contributed by atoms with Crippen LogP contribution in [0, 0.1) is 23.5 Å². The number of rotatable bonds is 3. The minimum atomic E-state index is 0.834. The van der Waals surface area contributed by atoms with E-state index in [1.165, 1.54) is 32.1 Å². The maximum absolute atomic E-state index is 5.48. The number of hydrogen-bond acceptors (Lipinski definition) is 2. The molecule has 0 amide bonds. The van der Waals surface area contributed by atoms with E-state index in [4.69, 9.17) is 12.2 Å². The van der Waals surface area contributed by atoms with E-state index in [9.17, 15) is 0 Å². The van der Waals surface area contributed by atoms with Crippen LogP contribution < -0.4 is 0 Å². The number of aromatic nitrogens is 4. The van der Waals surface area contributed by atoms with Crippen molar-refractivity contribution in [3.8, 4) is 0 Å². The SMILES string of the molecule is Cc1nn(C)c2c1[nH]c(=S)n2CCC1CCC(C)CC1. The van der Waals surface area contributed by atoms with E-state index in [1.807, 2.05) is 18.7 Å². The molecular weight excluding hydrogens is 268 g/mol. The van der Waals surface area contributed by atoms with E-state index in [1.54, 1.807) is 0 Å². The molecule has 3 rings (SSSR count). The molecule has 0 radical (unpaired) electrons. The smallest absolute Gasteiger partial charge is 0.179 e. The lowest BCUT2D eigenvalue weighted by Crippen LogP contribution is -2.15. The van der Waals surface area contributed by atoms with Gasteiger partial charge >= 0.3 is 0 Å². The van der Waals surface area contributed by atoms with Crippen molar-refractivity contribution in [1.29, 1.82) is 0 Å². The van der Waals surface area contributed by atoms with Gasteiger partial charge in [-0.1, -0.05) is 32.6 Å². The van der Waals surface area contributed by atoms with Gasteiger partial charge < -0.3 is 9.55 Å². The zero-order chi connectivity index (χ0) is 14.3. The molecule has 1 saturated carbocycles. The van der Waals surface area contributed by atoms with Gasteiger partial charge in [0, 0.05) is 13.6 Å². The Balaban J connectivity index is 1.77. The molecule has 0 bridgehead atoms. The largest absolute Gasteiger partial charge is 0.328 e. The Morgan fingerprint density at radius 2 is 2.00 bits per heavy atom. The van der Waals surface area contributed by atoms with Gasteiger partial charge in [-0.3, -0.25) is 4.68 Å². The second-order valence-electron chi connectivity index (χ2n) is 6.40. The van der Waals surface area contributed by atoms with Crippen LogP contribution in [0.25, 0.3) is 11.2 Å². The van der Waals surface area contributed by atoms with Crippen LogP contribution >= 0.6 is 12.2 Å². The van der Waals surface area contributed by atoms with Gasteiger partial charge in [-0.2, -0.15) is 5.10 Å². The average molecular weight is 292 g/mol. The summed E-state index contributed by atoms with van der Waals surface area (Å²) < 4.78 is 5.00. The van der Waals surface area contributed by atoms with Crippen molar-refractivity contribution < 1.29 is 0 Å². The Kier molecular flexibility index (Phi) is 3.71. The van der Waals surface area contributed by atoms with E-state index in [0.29, 0.717) is 0 Å². The highest BCUT2D eigenvalue weighted by Crippen LogP contribution is 2.31. The first-order valence-electron chi connectivity index (χ1n) is 7.68. The highest BCUT2D eigenvalue weighted by Gasteiger charge is 2.19. The first-order valence-corrected chi connectivity index (χ1v) is 8.09. The number of H-pyrrole nitrogens is 1. The second-order valence-corrected chi connectivity index (χ2v) is 6.79. The summed E-state index contributed by atoms with van der Waals surface area (Å²) in [4.78, 5) is 3.31. The van der Waals surface area contributed by atoms with Crippen molar-refractivity contribution in [3.05, 3.63) is 10.5 Å². The van der Waals surface area contributed by atoms with Crippen molar-refractivity contribution in [1.82, 2.24) is 19.3 Å². The summed E-state index contributed by atoms with van der Waals surface area (Å²) >= 11 is 5.48. The Bertz CT molecular complexity index is 655. The molecular formula is C15H24N4S. The molecule has 0 saturated heterocycles. The molecule has 2 aromatic rings. The normalized spacial score (nSPS) is 23.6. The van der Waals surface area contributed by atoms with Crippen LogP contribution in [0.4, 0.5) is 0 Å². The summed E-state index contributed by atoms with van der Waals surface area (Å²) in [5.74, 6) is 1.79. The standard InChI is InChI=1S/C15H24N4S/c1-10-4-6-12(7-5-10)8-9-19-14-13(16-15(19)20)11(2)17-18(14)3/h10,12H,4-9H2,1-3H3,(H,16,20). The lowest BCUT2D eigenvalue weighted by molar-refractivity contribution is 0.269. The molecule has 0 unspecified atom stereocenters. The molecule has 1 fully saturated rings. The van der Waals surface area contributed by atoms with Crippen LogP contribution in [-0.4, -0.2) is 19.3 Å². The van der Waals surface area contributed by atoms with E-state index in [0.717, 1.165) is 40.0 Å². The number of nitrogens with one attached hydrogen (secondary N) is 1. The Morgan fingerprint density at radius 3 is 2.70 bits per heavy atom. The van der Waals surface area contributed by atoms with Crippen LogP contribution in [-0.2, 0) is 13.6 Å². The molecule has 1 aliphatic carbocycles. The zero-order valence-corrected chi connectivity index (χ0v) is 13.5. The topological polar surface area (TPSA) is 38.5 Å². The van der Waals surface area contributed by atoms with Crippen LogP contribution in [0.1, 0.15) is 44.7 Å². The molecule has 1 N–H and O–H groups in total. The highest BCUT2D eigenvalue weighted by atomic mass is 32.1. The van der Waals surface area contributed by atoms with Crippen molar-refractivity contribution in [2.75, 3.05) is 0 Å². The third kappa shape index (κ3) is 2.43. The molecule has 2 aromatic heterocycles. The molecule has 0 aliphatic heterocycles. The molecule has 4 nitrogen and oxygen atoms in total. The average Bonchev–Trinajstić information content (AvgIpc) is 2.88. The summed E-state index contributed by atoms with van der Waals surface area (Å²) in [7, 11) is 2.00. The fourth-order valence-corrected chi connectivity index (χ4v) is 3.79. The van der Waals surface area contributed by atoms with Gasteiger partial charge in [0.1, 0.15) is 5.52 Å². The molecule has 0 aromatic carbocycles. The van der Waals surface area contributed by atoms with Gasteiger partial charge in [-0.05, 0) is 37.4 Å². The number of aromatic amines is 1. The quantitative estimate of drug-likeness (QED) is 0.870. The minimum absolute atomic E-state index is 0.834. The maximum atomic E-state index is 5.48. The van der Waals surface area contributed by atoms with Crippen LogP contribution in [0.5, 0.6) is 0 Å². The predicted octanol–water partition coefficient (Wildman–Crippen LogP) is 3.96. The van der Waals surface area contributed by atoms with E-state index < -0.39 is 0 Å². The lowest BCUT2D eigenvalue weighted by Gasteiger charge is -2.26. The van der Waals surface area contributed by atoms with Crippen LogP contribution in [0.3, 0.4) is 0 Å². The fourth-order valence-electron chi connectivity index (χ4n) is 3.51. The summed E-state index contributed by atoms with van der Waals surface area (Å²) in [5.41, 5.74) is 3.25. The molecule has 20 heavy (non-hydrogen) atoms. The van der Waals surface area contributed by atoms with Gasteiger partial charge in [0.05, 0.1) is 5.69 Å². The van der Waals surface area contributed by atoms with Gasteiger partial charge in [0.25, 0.3) is 0 Å². The summed E-state index contributed by atoms with van der Waals surface area (Å²) in [5, 5.41) is 4.47. The Hall–Kier alpha value is -1.10. The molecule has 1 aliphatic rings. The number of aryl methyl sites for hydroxylation is 3. The molecule has 0 atom stereocenters. The molecule has 2 heterocycles. The molecule has 5 heteroatoms. The number of nitrogens with zero attached hydrogens (tertiary/aromatic N) is 3. The number of hydrogen-bond donors (Lipinski definition) is 1. The van der Waals surface area contributed by atoms with E-state index in [-0.39, 0.29) is 0 Å². The molecule has 110 valence electrons. The second kappa shape index (κ2) is 5.35. The highest BCUT2D eigenvalue weighted by molar-refractivity contribution is 7.71. The summed E-state index contributed by atoms with van der Waals surface area (Å²) in [6.45, 7) is 5.41. The Morgan fingerprint density at radius 1 is 1.30 bits per heavy atom. The summed E-state index contributed by atoms with van der Waals surface area (Å²) in [6, 6.07) is 0. The van der Waals surface area contributed by atoms with Gasteiger partial charge in [0.2, 0.25) is 0 Å². The zero-order valence-electron chi connectivity index (χ0n) is 12.6. The lowest BCUT2D eigenvalue weighted by atomic mass is 9.81. The van der Waals surface area contributed by atoms with Gasteiger partial charge in [0.15, 0.2) is 10.4 Å². The fraction of sp³-hybridized carbons (Fsp3) is 0.733. The first kappa shape index (κ1) is 13.9. The first-order chi connectivity index (χ1) is 9.56. The van der Waals surface area contributed by atoms with Gasteiger partial charge in [-0.25, -0.2) is 0 Å². The maximum Gasteiger partial charge on any atom is 0.179 e. The van der Waals surface area contributed by atoms with Crippen LogP contribution in [0.15, 0.2) is 0 Å². The van der Waals surface area contributed by atoms with Gasteiger partial charge in [-0.15, -0.1) is 0 Å². The third-order valence-corrected chi connectivity index (χ3v) is 5.14. The van der Waals surface area contributed by atoms with Crippen molar-refractivity contribution in [2.24, 2.45) is 18.9 Å². The Labute approximate surface area is 125 Å². The number of fused-ring (bicyclic) bond motifs is 1. The third-order valence-electron chi connectivity index (χ3n) is 4.82. The monoisotopic (exact) mass is 292 g/mol. The number of imidazole rings is 1. The van der Waals surface area contributed by atoms with Crippen molar-refractivity contribution in [3.63, 3.8) is 0 Å². The predicted molar refractivity (Wildman–Crippen MR) is 84.4 cm³/mol. The molecule has 0 spiro atoms. The van der Waals surface area contributed by atoms with Crippen molar-refractivity contribution in [2.45, 2.75) is 52.5 Å². The van der Waals surface area contributed by atoms with E-state index in [2.05, 4.69) is 21.6 Å². The van der Waals surface area contributed by atoms with Crippen LogP contribution in [0.2, 0.25) is 0 Å². The van der Waals surface area contributed by atoms with Crippen molar-refractivity contribution >= 4 is 23.4 Å². The summed E-state index contributed by atoms with van der Waals surface area (Å²) in [6.07, 6.45) is 6.78.